The van der Waals surface area contributed by atoms with Crippen LogP contribution in [0.2, 0.25) is 0 Å². The summed E-state index contributed by atoms with van der Waals surface area (Å²) >= 11 is 4.44. The van der Waals surface area contributed by atoms with Gasteiger partial charge in [-0.15, -0.1) is 11.3 Å². The van der Waals surface area contributed by atoms with Gasteiger partial charge in [-0.05, 0) is 28.1 Å². The van der Waals surface area contributed by atoms with Crippen LogP contribution in [0.3, 0.4) is 0 Å². The van der Waals surface area contributed by atoms with Crippen molar-refractivity contribution in [3.8, 4) is 0 Å². The van der Waals surface area contributed by atoms with E-state index in [-0.39, 0.29) is 10.8 Å². The summed E-state index contributed by atoms with van der Waals surface area (Å²) in [5.41, 5.74) is 0. The molecule has 2 aromatic rings. The number of morpholine rings is 1. The fraction of sp³-hybridized carbons (Fsp3) is 0.429. The minimum Gasteiger partial charge on any atom is -0.378 e. The van der Waals surface area contributed by atoms with E-state index in [9.17, 15) is 8.42 Å². The van der Waals surface area contributed by atoms with Gasteiger partial charge in [-0.1, -0.05) is 0 Å². The molecule has 8 nitrogen and oxygen atoms in total. The topological polar surface area (TPSA) is 96.5 Å². The van der Waals surface area contributed by atoms with Crippen LogP contribution in [0.25, 0.3) is 0 Å². The van der Waals surface area contributed by atoms with Crippen molar-refractivity contribution in [2.24, 2.45) is 0 Å². The molecule has 0 atom stereocenters. The molecule has 0 amide bonds. The van der Waals surface area contributed by atoms with Crippen LogP contribution in [0.5, 0.6) is 0 Å². The molecule has 0 spiro atoms. The summed E-state index contributed by atoms with van der Waals surface area (Å²) in [6, 6.07) is 5.14. The first-order valence-corrected chi connectivity index (χ1v) is 10.8. The van der Waals surface area contributed by atoms with Gasteiger partial charge in [0.25, 0.3) is 0 Å². The number of aromatic nitrogens is 2. The maximum atomic E-state index is 12.1. The quantitative estimate of drug-likeness (QED) is 0.621. The molecular formula is C14H18BrN5O3S2. The van der Waals surface area contributed by atoms with E-state index in [0.717, 1.165) is 22.7 Å². The molecule has 2 N–H and O–H groups in total. The second-order valence-corrected chi connectivity index (χ2v) is 9.70. The van der Waals surface area contributed by atoms with Crippen molar-refractivity contribution in [3.05, 3.63) is 28.3 Å². The first kappa shape index (κ1) is 18.5. The van der Waals surface area contributed by atoms with Crippen molar-refractivity contribution in [3.63, 3.8) is 0 Å². The van der Waals surface area contributed by atoms with Crippen molar-refractivity contribution < 1.29 is 13.2 Å². The van der Waals surface area contributed by atoms with Crippen molar-refractivity contribution in [2.45, 2.75) is 4.21 Å². The van der Waals surface area contributed by atoms with Gasteiger partial charge in [0, 0.05) is 32.2 Å². The van der Waals surface area contributed by atoms with Crippen LogP contribution in [-0.4, -0.2) is 57.8 Å². The Morgan fingerprint density at radius 3 is 2.76 bits per heavy atom. The number of ether oxygens (including phenoxy) is 1. The average Bonchev–Trinajstić information content (AvgIpc) is 3.07. The zero-order valence-electron chi connectivity index (χ0n) is 13.3. The molecule has 2 aromatic heterocycles. The van der Waals surface area contributed by atoms with Crippen molar-refractivity contribution in [1.29, 1.82) is 0 Å². The Kier molecular flexibility index (Phi) is 6.23. The predicted molar refractivity (Wildman–Crippen MR) is 101 cm³/mol. The van der Waals surface area contributed by atoms with E-state index in [4.69, 9.17) is 4.74 Å². The fourth-order valence-corrected chi connectivity index (χ4v) is 5.38. The van der Waals surface area contributed by atoms with Crippen molar-refractivity contribution in [2.75, 3.05) is 49.6 Å². The minimum atomic E-state index is -3.48. The van der Waals surface area contributed by atoms with E-state index in [1.807, 2.05) is 6.07 Å². The highest BCUT2D eigenvalue weighted by molar-refractivity contribution is 9.11. The van der Waals surface area contributed by atoms with E-state index < -0.39 is 10.0 Å². The molecule has 1 aliphatic rings. The minimum absolute atomic E-state index is 0.259. The number of thiophene rings is 1. The van der Waals surface area contributed by atoms with Crippen molar-refractivity contribution >= 4 is 48.9 Å². The summed E-state index contributed by atoms with van der Waals surface area (Å²) < 4.78 is 33.2. The summed E-state index contributed by atoms with van der Waals surface area (Å²) in [5, 5.41) is 3.11. The normalized spacial score (nSPS) is 15.3. The monoisotopic (exact) mass is 447 g/mol. The number of anilines is 2. The highest BCUT2D eigenvalue weighted by Gasteiger charge is 2.16. The Morgan fingerprint density at radius 1 is 1.24 bits per heavy atom. The van der Waals surface area contributed by atoms with Crippen LogP contribution in [0, 0.1) is 0 Å². The molecule has 0 saturated carbocycles. The predicted octanol–water partition coefficient (Wildman–Crippen LogP) is 1.53. The van der Waals surface area contributed by atoms with Crippen molar-refractivity contribution in [1.82, 2.24) is 14.7 Å². The van der Waals surface area contributed by atoms with E-state index in [1.165, 1.54) is 17.7 Å². The second kappa shape index (κ2) is 8.41. The Hall–Kier alpha value is -1.27. The molecule has 0 radical (unpaired) electrons. The smallest absolute Gasteiger partial charge is 0.250 e. The lowest BCUT2D eigenvalue weighted by Gasteiger charge is -2.27. The zero-order valence-corrected chi connectivity index (χ0v) is 16.5. The molecule has 136 valence electrons. The van der Waals surface area contributed by atoms with Gasteiger partial charge in [0.2, 0.25) is 10.0 Å². The maximum absolute atomic E-state index is 12.1. The van der Waals surface area contributed by atoms with Gasteiger partial charge >= 0.3 is 0 Å². The average molecular weight is 448 g/mol. The highest BCUT2D eigenvalue weighted by atomic mass is 79.9. The van der Waals surface area contributed by atoms with Crippen LogP contribution in [-0.2, 0) is 14.8 Å². The number of nitrogens with one attached hydrogen (secondary N) is 2. The second-order valence-electron chi connectivity index (χ2n) is 5.24. The summed E-state index contributed by atoms with van der Waals surface area (Å²) in [5.74, 6) is 1.50. The van der Waals surface area contributed by atoms with E-state index in [2.05, 4.69) is 40.8 Å². The molecule has 1 aliphatic heterocycles. The molecule has 1 saturated heterocycles. The third kappa shape index (κ3) is 5.11. The number of hydrogen-bond donors (Lipinski definition) is 2. The van der Waals surface area contributed by atoms with Gasteiger partial charge in [-0.2, -0.15) is 0 Å². The van der Waals surface area contributed by atoms with E-state index >= 15 is 0 Å². The molecule has 11 heteroatoms. The summed E-state index contributed by atoms with van der Waals surface area (Å²) in [6.45, 7) is 3.65. The summed E-state index contributed by atoms with van der Waals surface area (Å²) in [7, 11) is -3.48. The molecule has 3 heterocycles. The van der Waals surface area contributed by atoms with Gasteiger partial charge in [-0.3, -0.25) is 0 Å². The molecule has 25 heavy (non-hydrogen) atoms. The number of hydrogen-bond acceptors (Lipinski definition) is 8. The standard InChI is InChI=1S/C14H18BrN5O3S2/c15-11-1-2-14(24-11)25(21,22)19-4-3-16-12-9-13(18-10-17-12)20-5-7-23-8-6-20/h1-2,9-10,19H,3-8H2,(H,16,17,18). The Morgan fingerprint density at radius 2 is 2.04 bits per heavy atom. The van der Waals surface area contributed by atoms with Crippen LogP contribution >= 0.6 is 27.3 Å². The Labute approximate surface area is 158 Å². The van der Waals surface area contributed by atoms with Gasteiger partial charge in [0.1, 0.15) is 22.2 Å². The molecule has 0 aliphatic carbocycles. The molecule has 0 unspecified atom stereocenters. The summed E-state index contributed by atoms with van der Waals surface area (Å²) in [4.78, 5) is 10.6. The first-order valence-electron chi connectivity index (χ1n) is 7.68. The third-order valence-electron chi connectivity index (χ3n) is 3.52. The van der Waals surface area contributed by atoms with Gasteiger partial charge in [0.05, 0.1) is 17.0 Å². The van der Waals surface area contributed by atoms with Gasteiger partial charge < -0.3 is 15.0 Å². The molecule has 0 aromatic carbocycles. The van der Waals surface area contributed by atoms with Crippen LogP contribution < -0.4 is 14.9 Å². The van der Waals surface area contributed by atoms with Crippen LogP contribution in [0.4, 0.5) is 11.6 Å². The number of nitrogens with zero attached hydrogens (tertiary/aromatic N) is 3. The third-order valence-corrected chi connectivity index (χ3v) is 7.10. The van der Waals surface area contributed by atoms with Crippen LogP contribution in [0.1, 0.15) is 0 Å². The van der Waals surface area contributed by atoms with Gasteiger partial charge in [0.15, 0.2) is 0 Å². The largest absolute Gasteiger partial charge is 0.378 e. The summed E-state index contributed by atoms with van der Waals surface area (Å²) in [6.07, 6.45) is 1.50. The highest BCUT2D eigenvalue weighted by Crippen LogP contribution is 2.25. The van der Waals surface area contributed by atoms with E-state index in [1.54, 1.807) is 12.1 Å². The van der Waals surface area contributed by atoms with E-state index in [0.29, 0.717) is 25.6 Å². The molecule has 0 bridgehead atoms. The number of rotatable bonds is 7. The maximum Gasteiger partial charge on any atom is 0.250 e. The number of halogens is 1. The zero-order chi connectivity index (χ0) is 17.7. The lowest BCUT2D eigenvalue weighted by molar-refractivity contribution is 0.122. The molecular weight excluding hydrogens is 430 g/mol. The Bertz CT molecular complexity index is 808. The molecule has 3 rings (SSSR count). The Balaban J connectivity index is 1.50. The lowest BCUT2D eigenvalue weighted by atomic mass is 10.4. The fourth-order valence-electron chi connectivity index (χ4n) is 2.30. The van der Waals surface area contributed by atoms with Gasteiger partial charge in [-0.25, -0.2) is 23.1 Å². The van der Waals surface area contributed by atoms with Crippen LogP contribution in [0.15, 0.2) is 32.5 Å². The SMILES string of the molecule is O=S(=O)(NCCNc1cc(N2CCOCC2)ncn1)c1ccc(Br)s1. The first-order chi connectivity index (χ1) is 12.0. The molecule has 1 fully saturated rings. The lowest BCUT2D eigenvalue weighted by Crippen LogP contribution is -2.36. The number of sulfonamides is 1.